The van der Waals surface area contributed by atoms with Crippen LogP contribution in [-0.4, -0.2) is 0 Å². The molecule has 49 valence electrons. The van der Waals surface area contributed by atoms with Crippen molar-refractivity contribution >= 4 is 0 Å². The van der Waals surface area contributed by atoms with Crippen LogP contribution >= 0.6 is 0 Å². The first kappa shape index (κ1) is 38.7. The van der Waals surface area contributed by atoms with E-state index in [2.05, 4.69) is 0 Å². The Morgan fingerprint density at radius 1 is 0.400 bits per heavy atom. The molecule has 0 aliphatic carbocycles. The summed E-state index contributed by atoms with van der Waals surface area (Å²) in [5.74, 6) is 0. The Kier molecular flexibility index (Phi) is 199. The van der Waals surface area contributed by atoms with Crippen LogP contribution in [0, 0.1) is 0 Å². The van der Waals surface area contributed by atoms with Gasteiger partial charge in [-0.1, -0.05) is 0 Å². The molecule has 0 aliphatic rings. The standard InChI is InChI=1S/4Au.V. The van der Waals surface area contributed by atoms with Crippen molar-refractivity contribution in [1.29, 1.82) is 0 Å². The van der Waals surface area contributed by atoms with Gasteiger partial charge in [-0.25, -0.2) is 0 Å². The maximum atomic E-state index is 0. The van der Waals surface area contributed by atoms with Gasteiger partial charge in [-0.2, -0.15) is 0 Å². The first-order chi connectivity index (χ1) is 0. The molecule has 0 N–H and O–H groups in total. The van der Waals surface area contributed by atoms with Gasteiger partial charge in [0.05, 0.1) is 0 Å². The van der Waals surface area contributed by atoms with Crippen molar-refractivity contribution in [2.24, 2.45) is 0 Å². The molecule has 0 amide bonds. The van der Waals surface area contributed by atoms with E-state index in [-0.39, 0.29) is 108 Å². The first-order valence-corrected chi connectivity index (χ1v) is 0. The van der Waals surface area contributed by atoms with Crippen LogP contribution in [0.25, 0.3) is 0 Å². The van der Waals surface area contributed by atoms with Gasteiger partial charge in [0, 0.05) is 108 Å². The van der Waals surface area contributed by atoms with Crippen molar-refractivity contribution in [2.75, 3.05) is 0 Å². The van der Waals surface area contributed by atoms with Gasteiger partial charge in [0.2, 0.25) is 0 Å². The first-order valence-electron chi connectivity index (χ1n) is 0. The third-order valence-electron chi connectivity index (χ3n) is 0. The van der Waals surface area contributed by atoms with Crippen molar-refractivity contribution < 1.29 is 108 Å². The minimum atomic E-state index is 0. The number of hydrogen-bond acceptors (Lipinski definition) is 0. The molecule has 0 nitrogen and oxygen atoms in total. The van der Waals surface area contributed by atoms with Crippen molar-refractivity contribution in [3.8, 4) is 0 Å². The minimum Gasteiger partial charge on any atom is 0 e. The summed E-state index contributed by atoms with van der Waals surface area (Å²) < 4.78 is 0. The molecule has 5 radical (unpaired) electrons. The fourth-order valence-corrected chi connectivity index (χ4v) is 0. The maximum absolute atomic E-state index is 0. The van der Waals surface area contributed by atoms with Crippen LogP contribution in [0.15, 0.2) is 0 Å². The molecule has 0 heterocycles. The summed E-state index contributed by atoms with van der Waals surface area (Å²) in [5, 5.41) is 0. The summed E-state index contributed by atoms with van der Waals surface area (Å²) in [6.07, 6.45) is 0. The molecular weight excluding hydrogens is 839 g/mol. The molecule has 0 unspecified atom stereocenters. The van der Waals surface area contributed by atoms with E-state index in [4.69, 9.17) is 0 Å². The van der Waals surface area contributed by atoms with Gasteiger partial charge in [-0.15, -0.1) is 0 Å². The van der Waals surface area contributed by atoms with Gasteiger partial charge in [-0.3, -0.25) is 0 Å². The maximum Gasteiger partial charge on any atom is 0 e. The van der Waals surface area contributed by atoms with E-state index >= 15 is 0 Å². The van der Waals surface area contributed by atoms with Gasteiger partial charge in [0.25, 0.3) is 0 Å². The van der Waals surface area contributed by atoms with Crippen molar-refractivity contribution in [3.05, 3.63) is 0 Å². The number of hydrogen-bond donors (Lipinski definition) is 0. The molecule has 5 heavy (non-hydrogen) atoms. The van der Waals surface area contributed by atoms with E-state index in [0.717, 1.165) is 0 Å². The summed E-state index contributed by atoms with van der Waals surface area (Å²) >= 11 is 0. The molecule has 0 atom stereocenters. The molecule has 0 bridgehead atoms. The molecule has 5 heteroatoms. The van der Waals surface area contributed by atoms with Crippen molar-refractivity contribution in [1.82, 2.24) is 0 Å². The third kappa shape index (κ3) is 18.5. The van der Waals surface area contributed by atoms with Crippen LogP contribution in [-0.2, 0) is 108 Å². The topological polar surface area (TPSA) is 0 Å². The summed E-state index contributed by atoms with van der Waals surface area (Å²) in [6.45, 7) is 0. The van der Waals surface area contributed by atoms with Gasteiger partial charge in [0.1, 0.15) is 0 Å². The Morgan fingerprint density at radius 2 is 0.400 bits per heavy atom. The predicted octanol–water partition coefficient (Wildman–Crippen LogP) is -0.0125. The second kappa shape index (κ2) is 25.7. The zero-order valence-corrected chi connectivity index (χ0v) is 11.7. The molecule has 0 aliphatic heterocycles. The van der Waals surface area contributed by atoms with E-state index in [1.807, 2.05) is 0 Å². The SMILES string of the molecule is [Au].[Au].[Au].[Au].[V]. The Bertz CT molecular complexity index is 3.61. The molecule has 0 spiro atoms. The fourth-order valence-electron chi connectivity index (χ4n) is 0. The monoisotopic (exact) mass is 839 g/mol. The van der Waals surface area contributed by atoms with E-state index in [0.29, 0.717) is 0 Å². The summed E-state index contributed by atoms with van der Waals surface area (Å²) in [4.78, 5) is 0. The van der Waals surface area contributed by atoms with Gasteiger partial charge >= 0.3 is 0 Å². The van der Waals surface area contributed by atoms with Crippen LogP contribution in [0.4, 0.5) is 0 Å². The van der Waals surface area contributed by atoms with Gasteiger partial charge in [-0.05, 0) is 0 Å². The zero-order valence-electron chi connectivity index (χ0n) is 1.65. The molecule has 0 fully saturated rings. The Balaban J connectivity index is 0. The minimum absolute atomic E-state index is 0. The second-order valence-electron chi connectivity index (χ2n) is 0. The Hall–Kier alpha value is 3.55. The molecule has 0 aromatic rings. The molecular formula is Au4V. The van der Waals surface area contributed by atoms with Crippen LogP contribution in [0.2, 0.25) is 0 Å². The molecule has 0 aromatic heterocycles. The summed E-state index contributed by atoms with van der Waals surface area (Å²) in [7, 11) is 0. The molecule has 0 saturated carbocycles. The smallest absolute Gasteiger partial charge is 0 e. The van der Waals surface area contributed by atoms with Crippen molar-refractivity contribution in [2.45, 2.75) is 0 Å². The molecule has 0 aromatic carbocycles. The summed E-state index contributed by atoms with van der Waals surface area (Å²) in [5.41, 5.74) is 0. The third-order valence-corrected chi connectivity index (χ3v) is 0. The normalized spacial score (nSPS) is 0. The second-order valence-corrected chi connectivity index (χ2v) is 0. The van der Waals surface area contributed by atoms with Gasteiger partial charge < -0.3 is 0 Å². The van der Waals surface area contributed by atoms with Crippen LogP contribution in [0.5, 0.6) is 0 Å². The quantitative estimate of drug-likeness (QED) is 0.302. The van der Waals surface area contributed by atoms with Crippen LogP contribution < -0.4 is 0 Å². The predicted molar refractivity (Wildman–Crippen MR) is 0 cm³/mol. The number of rotatable bonds is 0. The van der Waals surface area contributed by atoms with Crippen molar-refractivity contribution in [3.63, 3.8) is 0 Å². The van der Waals surface area contributed by atoms with E-state index in [1.54, 1.807) is 0 Å². The van der Waals surface area contributed by atoms with E-state index in [1.165, 1.54) is 0 Å². The summed E-state index contributed by atoms with van der Waals surface area (Å²) in [6, 6.07) is 0. The fraction of sp³-hybridized carbons (Fsp3) is 0. The molecule has 0 rings (SSSR count). The average Bonchev–Trinajstić information content (AvgIpc) is 0. The van der Waals surface area contributed by atoms with E-state index in [9.17, 15) is 0 Å². The van der Waals surface area contributed by atoms with E-state index < -0.39 is 0 Å². The Labute approximate surface area is 106 Å². The Morgan fingerprint density at radius 3 is 0.400 bits per heavy atom. The zero-order chi connectivity index (χ0) is 0. The largest absolute Gasteiger partial charge is 0 e. The molecule has 0 saturated heterocycles. The van der Waals surface area contributed by atoms with Gasteiger partial charge in [0.15, 0.2) is 0 Å². The van der Waals surface area contributed by atoms with Crippen LogP contribution in [0.1, 0.15) is 0 Å². The average molecular weight is 839 g/mol. The van der Waals surface area contributed by atoms with Crippen LogP contribution in [0.3, 0.4) is 0 Å².